The largest absolute Gasteiger partial charge is 0.488 e. The highest BCUT2D eigenvalue weighted by atomic mass is 79.9. The Hall–Kier alpha value is -1.56. The van der Waals surface area contributed by atoms with Crippen LogP contribution in [0.3, 0.4) is 0 Å². The van der Waals surface area contributed by atoms with E-state index in [1.54, 1.807) is 6.92 Å². The van der Waals surface area contributed by atoms with Crippen molar-refractivity contribution in [3.05, 3.63) is 63.1 Å². The van der Waals surface area contributed by atoms with Gasteiger partial charge in [0.2, 0.25) is 0 Å². The number of rotatable bonds is 7. The number of carboxylic acids is 1. The number of benzene rings is 2. The fraction of sp³-hybridized carbons (Fsp3) is 0.235. The summed E-state index contributed by atoms with van der Waals surface area (Å²) in [5.74, 6) is -0.137. The van der Waals surface area contributed by atoms with E-state index < -0.39 is 12.0 Å². The molecular formula is C17H17BrClNO3. The number of nitrogens with one attached hydrogen (secondary N) is 1. The summed E-state index contributed by atoms with van der Waals surface area (Å²) in [6.07, 6.45) is 0. The van der Waals surface area contributed by atoms with Crippen molar-refractivity contribution >= 4 is 33.5 Å². The third kappa shape index (κ3) is 5.53. The van der Waals surface area contributed by atoms with Gasteiger partial charge in [-0.15, -0.1) is 0 Å². The molecule has 0 saturated heterocycles. The Bertz CT molecular complexity index is 676. The first kappa shape index (κ1) is 17.8. The topological polar surface area (TPSA) is 58.6 Å². The summed E-state index contributed by atoms with van der Waals surface area (Å²) in [6.45, 7) is 2.54. The Morgan fingerprint density at radius 3 is 2.52 bits per heavy atom. The van der Waals surface area contributed by atoms with Crippen LogP contribution in [0.15, 0.2) is 46.9 Å². The van der Waals surface area contributed by atoms with Crippen molar-refractivity contribution in [3.8, 4) is 5.75 Å². The van der Waals surface area contributed by atoms with Gasteiger partial charge in [0.25, 0.3) is 0 Å². The van der Waals surface area contributed by atoms with Gasteiger partial charge in [0.1, 0.15) is 18.4 Å². The summed E-state index contributed by atoms with van der Waals surface area (Å²) in [7, 11) is 0. The van der Waals surface area contributed by atoms with Crippen LogP contribution in [0.5, 0.6) is 5.75 Å². The van der Waals surface area contributed by atoms with Gasteiger partial charge in [0.15, 0.2) is 0 Å². The first-order valence-electron chi connectivity index (χ1n) is 7.07. The van der Waals surface area contributed by atoms with Gasteiger partial charge in [0, 0.05) is 11.6 Å². The predicted octanol–water partition coefficient (Wildman–Crippen LogP) is 4.24. The zero-order chi connectivity index (χ0) is 16.8. The molecule has 0 heterocycles. The molecule has 2 aromatic carbocycles. The standard InChI is InChI=1S/C17H17BrClNO3/c1-11(17(21)22)20-9-13-4-7-16(15(18)8-13)23-10-12-2-5-14(19)6-3-12/h2-8,11,20H,9-10H2,1H3,(H,21,22). The van der Waals surface area contributed by atoms with E-state index >= 15 is 0 Å². The molecule has 1 atom stereocenters. The molecule has 0 saturated carbocycles. The monoisotopic (exact) mass is 397 g/mol. The number of hydrogen-bond donors (Lipinski definition) is 2. The number of carboxylic acid groups (broad SMARTS) is 1. The third-order valence-electron chi connectivity index (χ3n) is 3.29. The molecule has 122 valence electrons. The molecule has 0 aliphatic rings. The van der Waals surface area contributed by atoms with Crippen LogP contribution in [0.2, 0.25) is 5.02 Å². The number of halogens is 2. The maximum atomic E-state index is 10.8. The second-order valence-corrected chi connectivity index (χ2v) is 6.41. The molecule has 0 aromatic heterocycles. The lowest BCUT2D eigenvalue weighted by Crippen LogP contribution is -2.33. The second-order valence-electron chi connectivity index (χ2n) is 5.12. The molecule has 4 nitrogen and oxygen atoms in total. The van der Waals surface area contributed by atoms with Gasteiger partial charge in [-0.3, -0.25) is 4.79 Å². The zero-order valence-electron chi connectivity index (χ0n) is 12.6. The number of carbonyl (C=O) groups is 1. The summed E-state index contributed by atoms with van der Waals surface area (Å²) in [6, 6.07) is 12.6. The Morgan fingerprint density at radius 2 is 1.91 bits per heavy atom. The summed E-state index contributed by atoms with van der Waals surface area (Å²) >= 11 is 9.33. The van der Waals surface area contributed by atoms with E-state index in [4.69, 9.17) is 21.4 Å². The molecule has 2 rings (SSSR count). The van der Waals surface area contributed by atoms with Gasteiger partial charge >= 0.3 is 5.97 Å². The molecule has 0 bridgehead atoms. The Kier molecular flexibility index (Phi) is 6.45. The fourth-order valence-corrected chi connectivity index (χ4v) is 2.54. The van der Waals surface area contributed by atoms with Crippen molar-refractivity contribution < 1.29 is 14.6 Å². The Balaban J connectivity index is 1.93. The van der Waals surface area contributed by atoms with E-state index in [1.165, 1.54) is 0 Å². The maximum Gasteiger partial charge on any atom is 0.320 e. The minimum absolute atomic E-state index is 0.448. The van der Waals surface area contributed by atoms with Crippen LogP contribution in [0.4, 0.5) is 0 Å². The van der Waals surface area contributed by atoms with E-state index in [-0.39, 0.29) is 0 Å². The lowest BCUT2D eigenvalue weighted by Gasteiger charge is -2.12. The predicted molar refractivity (Wildman–Crippen MR) is 93.9 cm³/mol. The van der Waals surface area contributed by atoms with Crippen LogP contribution >= 0.6 is 27.5 Å². The zero-order valence-corrected chi connectivity index (χ0v) is 14.9. The fourth-order valence-electron chi connectivity index (χ4n) is 1.87. The van der Waals surface area contributed by atoms with Crippen molar-refractivity contribution in [1.82, 2.24) is 5.32 Å². The molecule has 0 spiro atoms. The van der Waals surface area contributed by atoms with E-state index in [1.807, 2.05) is 42.5 Å². The second kappa shape index (κ2) is 8.34. The van der Waals surface area contributed by atoms with E-state index in [2.05, 4.69) is 21.2 Å². The normalized spacial score (nSPS) is 12.0. The molecule has 6 heteroatoms. The van der Waals surface area contributed by atoms with E-state index in [0.29, 0.717) is 18.2 Å². The summed E-state index contributed by atoms with van der Waals surface area (Å²) in [5, 5.41) is 12.5. The van der Waals surface area contributed by atoms with Crippen molar-refractivity contribution in [3.63, 3.8) is 0 Å². The van der Waals surface area contributed by atoms with E-state index in [0.717, 1.165) is 21.3 Å². The molecule has 0 fully saturated rings. The highest BCUT2D eigenvalue weighted by Crippen LogP contribution is 2.27. The van der Waals surface area contributed by atoms with E-state index in [9.17, 15) is 4.79 Å². The maximum absolute atomic E-state index is 10.8. The molecule has 1 unspecified atom stereocenters. The number of ether oxygens (including phenoxy) is 1. The van der Waals surface area contributed by atoms with Crippen molar-refractivity contribution in [2.24, 2.45) is 0 Å². The third-order valence-corrected chi connectivity index (χ3v) is 4.16. The molecule has 2 N–H and O–H groups in total. The minimum Gasteiger partial charge on any atom is -0.488 e. The van der Waals surface area contributed by atoms with Crippen molar-refractivity contribution in [1.29, 1.82) is 0 Å². The van der Waals surface area contributed by atoms with Crippen LogP contribution in [-0.4, -0.2) is 17.1 Å². The summed E-state index contributed by atoms with van der Waals surface area (Å²) in [5.41, 5.74) is 2.01. The average Bonchev–Trinajstić information content (AvgIpc) is 2.53. The smallest absolute Gasteiger partial charge is 0.320 e. The first-order valence-corrected chi connectivity index (χ1v) is 8.24. The molecule has 0 radical (unpaired) electrons. The molecule has 0 amide bonds. The van der Waals surface area contributed by atoms with Gasteiger partial charge in [-0.2, -0.15) is 0 Å². The molecular weight excluding hydrogens is 382 g/mol. The Labute approximate surface area is 148 Å². The van der Waals surface area contributed by atoms with Gasteiger partial charge in [-0.25, -0.2) is 0 Å². The Morgan fingerprint density at radius 1 is 1.26 bits per heavy atom. The van der Waals surface area contributed by atoms with Crippen LogP contribution in [0.25, 0.3) is 0 Å². The lowest BCUT2D eigenvalue weighted by atomic mass is 10.2. The van der Waals surface area contributed by atoms with Crippen LogP contribution in [-0.2, 0) is 17.9 Å². The quantitative estimate of drug-likeness (QED) is 0.732. The highest BCUT2D eigenvalue weighted by molar-refractivity contribution is 9.10. The summed E-state index contributed by atoms with van der Waals surface area (Å²) < 4.78 is 6.60. The van der Waals surface area contributed by atoms with Crippen molar-refractivity contribution in [2.45, 2.75) is 26.1 Å². The average molecular weight is 399 g/mol. The molecule has 23 heavy (non-hydrogen) atoms. The van der Waals surface area contributed by atoms with Gasteiger partial charge in [-0.05, 0) is 58.2 Å². The van der Waals surface area contributed by atoms with Gasteiger partial charge in [-0.1, -0.05) is 29.8 Å². The number of hydrogen-bond acceptors (Lipinski definition) is 3. The van der Waals surface area contributed by atoms with Crippen LogP contribution in [0, 0.1) is 0 Å². The van der Waals surface area contributed by atoms with Crippen LogP contribution < -0.4 is 10.1 Å². The van der Waals surface area contributed by atoms with Crippen LogP contribution in [0.1, 0.15) is 18.1 Å². The lowest BCUT2D eigenvalue weighted by molar-refractivity contribution is -0.139. The molecule has 0 aliphatic heterocycles. The highest BCUT2D eigenvalue weighted by Gasteiger charge is 2.10. The minimum atomic E-state index is -0.869. The first-order chi connectivity index (χ1) is 11.0. The summed E-state index contributed by atoms with van der Waals surface area (Å²) in [4.78, 5) is 10.8. The van der Waals surface area contributed by atoms with Gasteiger partial charge in [0.05, 0.1) is 4.47 Å². The molecule has 2 aromatic rings. The SMILES string of the molecule is CC(NCc1ccc(OCc2ccc(Cl)cc2)c(Br)c1)C(=O)O. The number of aliphatic carboxylic acids is 1. The van der Waals surface area contributed by atoms with Gasteiger partial charge < -0.3 is 15.2 Å². The molecule has 0 aliphatic carbocycles. The van der Waals surface area contributed by atoms with Crippen molar-refractivity contribution in [2.75, 3.05) is 0 Å².